The molecule has 0 aliphatic carbocycles. The van der Waals surface area contributed by atoms with Crippen molar-refractivity contribution < 1.29 is 13.7 Å². The number of nitrogens with zero attached hydrogens (tertiary/aromatic N) is 3. The van der Waals surface area contributed by atoms with Crippen LogP contribution in [0.4, 0.5) is 10.1 Å². The highest BCUT2D eigenvalue weighted by atomic mass is 79.9. The molecule has 5 nitrogen and oxygen atoms in total. The number of hydrogen-bond acceptors (Lipinski definition) is 4. The number of hydrogen-bond donors (Lipinski definition) is 0. The van der Waals surface area contributed by atoms with Gasteiger partial charge in [-0.3, -0.25) is 4.79 Å². The Labute approximate surface area is 151 Å². The molecule has 1 saturated heterocycles. The molecule has 0 radical (unpaired) electrons. The predicted octanol–water partition coefficient (Wildman–Crippen LogP) is 4.16. The van der Waals surface area contributed by atoms with E-state index in [4.69, 9.17) is 4.52 Å². The molecule has 0 N–H and O–H groups in total. The molecule has 1 unspecified atom stereocenters. The molecule has 25 heavy (non-hydrogen) atoms. The number of carbonyl (C=O) groups excluding carboxylic acids is 1. The Morgan fingerprint density at radius 2 is 1.84 bits per heavy atom. The number of amides is 1. The Morgan fingerprint density at radius 1 is 1.12 bits per heavy atom. The Balaban J connectivity index is 1.54. The lowest BCUT2D eigenvalue weighted by Crippen LogP contribution is -2.24. The summed E-state index contributed by atoms with van der Waals surface area (Å²) in [6.07, 6.45) is 0.291. The van der Waals surface area contributed by atoms with E-state index in [2.05, 4.69) is 26.1 Å². The van der Waals surface area contributed by atoms with Gasteiger partial charge in [0.1, 0.15) is 5.82 Å². The molecular weight excluding hydrogens is 389 g/mol. The van der Waals surface area contributed by atoms with Crippen LogP contribution in [0.2, 0.25) is 0 Å². The van der Waals surface area contributed by atoms with E-state index in [1.54, 1.807) is 17.0 Å². The minimum Gasteiger partial charge on any atom is -0.339 e. The van der Waals surface area contributed by atoms with Gasteiger partial charge in [0.25, 0.3) is 0 Å². The molecule has 4 rings (SSSR count). The third kappa shape index (κ3) is 3.19. The zero-order chi connectivity index (χ0) is 17.4. The maximum atomic E-state index is 13.1. The summed E-state index contributed by atoms with van der Waals surface area (Å²) in [5, 5.41) is 4.01. The molecule has 126 valence electrons. The van der Waals surface area contributed by atoms with E-state index in [0.29, 0.717) is 30.4 Å². The van der Waals surface area contributed by atoms with Crippen LogP contribution in [0.1, 0.15) is 18.2 Å². The molecule has 3 aromatic rings. The van der Waals surface area contributed by atoms with E-state index >= 15 is 0 Å². The Hall–Kier alpha value is -2.54. The van der Waals surface area contributed by atoms with E-state index in [1.165, 1.54) is 12.1 Å². The minimum absolute atomic E-state index is 0.0417. The highest BCUT2D eigenvalue weighted by Gasteiger charge is 2.35. The van der Waals surface area contributed by atoms with Gasteiger partial charge in [-0.05, 0) is 48.5 Å². The Morgan fingerprint density at radius 3 is 2.56 bits per heavy atom. The Kier molecular flexibility index (Phi) is 4.09. The first kappa shape index (κ1) is 16.0. The second kappa shape index (κ2) is 6.40. The smallest absolute Gasteiger partial charge is 0.232 e. The quantitative estimate of drug-likeness (QED) is 0.660. The molecule has 2 heterocycles. The zero-order valence-electron chi connectivity index (χ0n) is 13.0. The lowest BCUT2D eigenvalue weighted by Gasteiger charge is -2.15. The van der Waals surface area contributed by atoms with Gasteiger partial charge in [0.15, 0.2) is 0 Å². The van der Waals surface area contributed by atoms with Gasteiger partial charge in [-0.2, -0.15) is 4.98 Å². The lowest BCUT2D eigenvalue weighted by atomic mass is 10.1. The van der Waals surface area contributed by atoms with Gasteiger partial charge < -0.3 is 9.42 Å². The summed E-state index contributed by atoms with van der Waals surface area (Å²) < 4.78 is 19.4. The molecule has 7 heteroatoms. The average molecular weight is 402 g/mol. The van der Waals surface area contributed by atoms with Gasteiger partial charge in [-0.25, -0.2) is 4.39 Å². The second-order valence-electron chi connectivity index (χ2n) is 5.84. The number of halogens is 2. The topological polar surface area (TPSA) is 59.2 Å². The number of anilines is 1. The first-order valence-corrected chi connectivity index (χ1v) is 8.55. The fourth-order valence-electron chi connectivity index (χ4n) is 2.86. The maximum Gasteiger partial charge on any atom is 0.232 e. The molecule has 1 aliphatic heterocycles. The van der Waals surface area contributed by atoms with Crippen molar-refractivity contribution in [2.45, 2.75) is 12.3 Å². The highest BCUT2D eigenvalue weighted by Crippen LogP contribution is 2.32. The van der Waals surface area contributed by atoms with Gasteiger partial charge in [-0.15, -0.1) is 0 Å². The third-order valence-electron chi connectivity index (χ3n) is 4.16. The largest absolute Gasteiger partial charge is 0.339 e. The number of rotatable bonds is 3. The van der Waals surface area contributed by atoms with Crippen molar-refractivity contribution in [1.82, 2.24) is 10.1 Å². The summed E-state index contributed by atoms with van der Waals surface area (Å²) in [6.45, 7) is 0.437. The van der Waals surface area contributed by atoms with E-state index in [1.807, 2.05) is 24.3 Å². The van der Waals surface area contributed by atoms with E-state index in [0.717, 1.165) is 10.0 Å². The van der Waals surface area contributed by atoms with Crippen LogP contribution >= 0.6 is 15.9 Å². The van der Waals surface area contributed by atoms with Crippen LogP contribution in [0.5, 0.6) is 0 Å². The van der Waals surface area contributed by atoms with Crippen molar-refractivity contribution >= 4 is 27.5 Å². The number of benzene rings is 2. The molecule has 1 aromatic heterocycles. The highest BCUT2D eigenvalue weighted by molar-refractivity contribution is 9.10. The van der Waals surface area contributed by atoms with Crippen molar-refractivity contribution in [2.75, 3.05) is 11.4 Å². The van der Waals surface area contributed by atoms with Gasteiger partial charge in [-0.1, -0.05) is 21.1 Å². The zero-order valence-corrected chi connectivity index (χ0v) is 14.6. The summed E-state index contributed by atoms with van der Waals surface area (Å²) >= 11 is 3.39. The minimum atomic E-state index is -0.331. The molecule has 1 amide bonds. The summed E-state index contributed by atoms with van der Waals surface area (Å²) in [4.78, 5) is 18.4. The van der Waals surface area contributed by atoms with Gasteiger partial charge in [0.2, 0.25) is 17.6 Å². The monoisotopic (exact) mass is 401 g/mol. The van der Waals surface area contributed by atoms with Crippen molar-refractivity contribution in [1.29, 1.82) is 0 Å². The number of carbonyl (C=O) groups is 1. The molecule has 0 spiro atoms. The van der Waals surface area contributed by atoms with Gasteiger partial charge in [0, 0.05) is 28.7 Å². The van der Waals surface area contributed by atoms with Crippen molar-refractivity contribution in [2.24, 2.45) is 0 Å². The van der Waals surface area contributed by atoms with Crippen molar-refractivity contribution in [3.05, 3.63) is 64.7 Å². The molecule has 1 fully saturated rings. The van der Waals surface area contributed by atoms with E-state index in [9.17, 15) is 9.18 Å². The van der Waals surface area contributed by atoms with Crippen molar-refractivity contribution in [3.8, 4) is 11.4 Å². The first-order chi connectivity index (χ1) is 12.1. The molecular formula is C18H13BrFN3O2. The summed E-state index contributed by atoms with van der Waals surface area (Å²) in [5.41, 5.74) is 1.51. The predicted molar refractivity (Wildman–Crippen MR) is 93.5 cm³/mol. The van der Waals surface area contributed by atoms with Crippen LogP contribution in [-0.2, 0) is 4.79 Å². The SMILES string of the molecule is O=C1CC(c2nc(-c3ccc(Br)cc3)no2)CN1c1ccc(F)cc1. The van der Waals surface area contributed by atoms with Crippen LogP contribution in [0, 0.1) is 5.82 Å². The van der Waals surface area contributed by atoms with Crippen LogP contribution in [-0.4, -0.2) is 22.6 Å². The van der Waals surface area contributed by atoms with Gasteiger partial charge >= 0.3 is 0 Å². The van der Waals surface area contributed by atoms with Crippen molar-refractivity contribution in [3.63, 3.8) is 0 Å². The summed E-state index contributed by atoms with van der Waals surface area (Å²) in [6, 6.07) is 13.5. The average Bonchev–Trinajstić information content (AvgIpc) is 3.23. The van der Waals surface area contributed by atoms with Crippen LogP contribution in [0.3, 0.4) is 0 Å². The van der Waals surface area contributed by atoms with Crippen LogP contribution in [0.25, 0.3) is 11.4 Å². The molecule has 1 atom stereocenters. The molecule has 0 saturated carbocycles. The van der Waals surface area contributed by atoms with E-state index < -0.39 is 0 Å². The summed E-state index contributed by atoms with van der Waals surface area (Å²) in [7, 11) is 0. The maximum absolute atomic E-state index is 13.1. The third-order valence-corrected chi connectivity index (χ3v) is 4.69. The molecule has 2 aromatic carbocycles. The lowest BCUT2D eigenvalue weighted by molar-refractivity contribution is -0.117. The summed E-state index contributed by atoms with van der Waals surface area (Å²) in [5.74, 6) is 0.392. The molecule has 0 bridgehead atoms. The second-order valence-corrected chi connectivity index (χ2v) is 6.76. The fourth-order valence-corrected chi connectivity index (χ4v) is 3.13. The molecule has 1 aliphatic rings. The van der Waals surface area contributed by atoms with Gasteiger partial charge in [0.05, 0.1) is 5.92 Å². The fraction of sp³-hybridized carbons (Fsp3) is 0.167. The normalized spacial score (nSPS) is 17.3. The Bertz CT molecular complexity index is 909. The van der Waals surface area contributed by atoms with Crippen LogP contribution < -0.4 is 4.90 Å². The van der Waals surface area contributed by atoms with Crippen LogP contribution in [0.15, 0.2) is 57.5 Å². The standard InChI is InChI=1S/C18H13BrFN3O2/c19-13-3-1-11(2-4-13)17-21-18(25-22-17)12-9-16(24)23(10-12)15-7-5-14(20)6-8-15/h1-8,12H,9-10H2. The first-order valence-electron chi connectivity index (χ1n) is 7.75. The number of aromatic nitrogens is 2. The van der Waals surface area contributed by atoms with E-state index in [-0.39, 0.29) is 17.6 Å².